The highest BCUT2D eigenvalue weighted by molar-refractivity contribution is 7.90. The Labute approximate surface area is 233 Å². The molecule has 1 fully saturated rings. The van der Waals surface area contributed by atoms with Crippen LogP contribution >= 0.6 is 0 Å². The van der Waals surface area contributed by atoms with E-state index >= 15 is 0 Å². The molecule has 0 radical (unpaired) electrons. The van der Waals surface area contributed by atoms with Gasteiger partial charge in [-0.2, -0.15) is 74.6 Å². The molecule has 1 aliphatic rings. The molecule has 23 heteroatoms. The molecular formula is C20H26F17N2O3S+. The van der Waals surface area contributed by atoms with Crippen LogP contribution in [0.4, 0.5) is 74.6 Å². The summed E-state index contributed by atoms with van der Waals surface area (Å²) in [7, 11) is -7.28. The Morgan fingerprint density at radius 2 is 1.02 bits per heavy atom. The Bertz CT molecular complexity index is 1050. The van der Waals surface area contributed by atoms with Crippen LogP contribution in [0.25, 0.3) is 0 Å². The third-order valence-corrected chi connectivity index (χ3v) is 8.84. The second-order valence-electron chi connectivity index (χ2n) is 9.63. The highest BCUT2D eigenvalue weighted by Crippen LogP contribution is 2.64. The van der Waals surface area contributed by atoms with E-state index < -0.39 is 70.0 Å². The van der Waals surface area contributed by atoms with Gasteiger partial charge < -0.3 is 9.22 Å². The lowest BCUT2D eigenvalue weighted by Crippen LogP contribution is -2.75. The highest BCUT2D eigenvalue weighted by Gasteiger charge is 2.96. The second-order valence-corrected chi connectivity index (χ2v) is 11.4. The largest absolute Gasteiger partial charge is 0.460 e. The van der Waals surface area contributed by atoms with E-state index in [0.29, 0.717) is 43.9 Å². The van der Waals surface area contributed by atoms with Crippen LogP contribution < -0.4 is 4.72 Å². The molecule has 1 N–H and O–H groups in total. The zero-order valence-corrected chi connectivity index (χ0v) is 22.8. The van der Waals surface area contributed by atoms with E-state index in [1.165, 1.54) is 0 Å². The summed E-state index contributed by atoms with van der Waals surface area (Å²) in [5, 5.41) is -7.55. The predicted octanol–water partition coefficient (Wildman–Crippen LogP) is 6.30. The molecule has 1 saturated heterocycles. The summed E-state index contributed by atoms with van der Waals surface area (Å²) in [5.41, 5.74) is 0. The minimum atomic E-state index is -8.84. The maximum atomic E-state index is 14.2. The molecule has 0 unspecified atom stereocenters. The van der Waals surface area contributed by atoms with Crippen molar-refractivity contribution in [2.45, 2.75) is 86.1 Å². The van der Waals surface area contributed by atoms with Crippen molar-refractivity contribution in [2.75, 3.05) is 39.4 Å². The SMILES string of the molecule is CC[N+](CC)(CCCNS(=O)(=O)C(F)(F)C(F)(F)C(F)(F)C(F)(F)C(F)(F)C(F)(F)C(F)(F)C(F)(F)F)C1CCOCC1. The molecule has 0 bridgehead atoms. The average Bonchev–Trinajstić information content (AvgIpc) is 2.88. The van der Waals surface area contributed by atoms with Crippen LogP contribution in [0.3, 0.4) is 0 Å². The third kappa shape index (κ3) is 6.11. The van der Waals surface area contributed by atoms with Crippen LogP contribution in [0.2, 0.25) is 0 Å². The van der Waals surface area contributed by atoms with Crippen molar-refractivity contribution in [3.05, 3.63) is 0 Å². The first-order valence-corrected chi connectivity index (χ1v) is 13.6. The first kappa shape index (κ1) is 39.7. The van der Waals surface area contributed by atoms with E-state index in [1.54, 1.807) is 13.8 Å². The maximum Gasteiger partial charge on any atom is 0.460 e. The second kappa shape index (κ2) is 12.1. The quantitative estimate of drug-likeness (QED) is 0.124. The predicted molar refractivity (Wildman–Crippen MR) is 112 cm³/mol. The van der Waals surface area contributed by atoms with Crippen LogP contribution in [0, 0.1) is 0 Å². The van der Waals surface area contributed by atoms with Crippen molar-refractivity contribution >= 4 is 10.0 Å². The van der Waals surface area contributed by atoms with E-state index in [9.17, 15) is 83.1 Å². The zero-order valence-electron chi connectivity index (χ0n) is 21.9. The van der Waals surface area contributed by atoms with Gasteiger partial charge in [-0.05, 0) is 13.8 Å². The van der Waals surface area contributed by atoms with Crippen LogP contribution in [0.15, 0.2) is 0 Å². The first-order chi connectivity index (χ1) is 18.9. The molecule has 1 heterocycles. The lowest BCUT2D eigenvalue weighted by Gasteiger charge is -2.45. The van der Waals surface area contributed by atoms with Gasteiger partial charge in [-0.3, -0.25) is 0 Å². The summed E-state index contributed by atoms with van der Waals surface area (Å²) in [6.07, 6.45) is -7.36. The lowest BCUT2D eigenvalue weighted by molar-refractivity contribution is -0.949. The number of quaternary nitrogens is 1. The van der Waals surface area contributed by atoms with Crippen molar-refractivity contribution in [1.29, 1.82) is 0 Å². The monoisotopic (exact) mass is 697 g/mol. The van der Waals surface area contributed by atoms with Crippen molar-refractivity contribution in [1.82, 2.24) is 4.72 Å². The van der Waals surface area contributed by atoms with Gasteiger partial charge in [-0.15, -0.1) is 0 Å². The van der Waals surface area contributed by atoms with Crippen LogP contribution in [0.1, 0.15) is 33.1 Å². The molecule has 5 nitrogen and oxygen atoms in total. The smallest absolute Gasteiger partial charge is 0.381 e. The number of rotatable bonds is 15. The van der Waals surface area contributed by atoms with Gasteiger partial charge in [0.15, 0.2) is 0 Å². The van der Waals surface area contributed by atoms with Gasteiger partial charge in [0.1, 0.15) is 0 Å². The number of hydrogen-bond acceptors (Lipinski definition) is 3. The molecule has 258 valence electrons. The maximum absolute atomic E-state index is 14.2. The van der Waals surface area contributed by atoms with E-state index in [0.717, 1.165) is 0 Å². The molecule has 0 aromatic carbocycles. The molecule has 1 rings (SSSR count). The normalized spacial score (nSPS) is 18.3. The molecule has 1 aliphatic heterocycles. The fourth-order valence-electron chi connectivity index (χ4n) is 4.48. The van der Waals surface area contributed by atoms with Gasteiger partial charge in [-0.25, -0.2) is 13.1 Å². The summed E-state index contributed by atoms with van der Waals surface area (Å²) in [5.74, 6) is -51.6. The molecule has 0 aliphatic carbocycles. The Morgan fingerprint density at radius 3 is 1.40 bits per heavy atom. The van der Waals surface area contributed by atoms with Crippen molar-refractivity contribution in [3.8, 4) is 0 Å². The number of alkyl halides is 17. The van der Waals surface area contributed by atoms with Gasteiger partial charge in [0.25, 0.3) is 10.0 Å². The van der Waals surface area contributed by atoms with Gasteiger partial charge in [0.2, 0.25) is 0 Å². The Balaban J connectivity index is 3.33. The molecule has 0 amide bonds. The number of halogens is 17. The van der Waals surface area contributed by atoms with Gasteiger partial charge in [-0.1, -0.05) is 0 Å². The summed E-state index contributed by atoms with van der Waals surface area (Å²) in [4.78, 5) is 0. The zero-order chi connectivity index (χ0) is 34.4. The van der Waals surface area contributed by atoms with Gasteiger partial charge >= 0.3 is 47.0 Å². The minimum absolute atomic E-state index is 0.0505. The van der Waals surface area contributed by atoms with E-state index in [1.807, 2.05) is 0 Å². The molecule has 0 atom stereocenters. The Morgan fingerprint density at radius 1 is 0.651 bits per heavy atom. The minimum Gasteiger partial charge on any atom is -0.381 e. The van der Waals surface area contributed by atoms with Gasteiger partial charge in [0, 0.05) is 25.8 Å². The fraction of sp³-hybridized carbons (Fsp3) is 1.00. The van der Waals surface area contributed by atoms with Crippen molar-refractivity contribution in [3.63, 3.8) is 0 Å². The third-order valence-electron chi connectivity index (χ3n) is 7.33. The topological polar surface area (TPSA) is 55.4 Å². The fourth-order valence-corrected chi connectivity index (χ4v) is 5.54. The van der Waals surface area contributed by atoms with Crippen LogP contribution in [-0.4, -0.2) is 105 Å². The summed E-state index contributed by atoms with van der Waals surface area (Å²) in [6, 6.07) is -0.100. The number of nitrogens with one attached hydrogen (secondary N) is 1. The molecule has 0 spiro atoms. The average molecular weight is 697 g/mol. The summed E-state index contributed by atoms with van der Waals surface area (Å²) in [6.45, 7) is 3.46. The van der Waals surface area contributed by atoms with Crippen LogP contribution in [-0.2, 0) is 14.8 Å². The summed E-state index contributed by atoms with van der Waals surface area (Å²) < 4.78 is 258. The molecule has 0 aromatic rings. The molecular weight excluding hydrogens is 671 g/mol. The van der Waals surface area contributed by atoms with Crippen molar-refractivity contribution < 1.29 is 92.3 Å². The van der Waals surface area contributed by atoms with Crippen molar-refractivity contribution in [2.24, 2.45) is 0 Å². The van der Waals surface area contributed by atoms with E-state index in [-0.39, 0.29) is 17.1 Å². The number of ether oxygens (including phenoxy) is 1. The Hall–Kier alpha value is -1.36. The lowest BCUT2D eigenvalue weighted by atomic mass is 9.91. The standard InChI is InChI=1S/C20H26F17N2O3S/c1-3-39(4-2,12-6-10-42-11-7-12)9-5-8-38-43(40,41)20(36,37)18(31,32)16(27,28)14(23,24)13(21,22)15(25,26)17(29,30)19(33,34)35/h12,38H,3-11H2,1-2H3/q+1. The van der Waals surface area contributed by atoms with Gasteiger partial charge in [0.05, 0.1) is 38.9 Å². The molecule has 0 saturated carbocycles. The molecule has 0 aromatic heterocycles. The highest BCUT2D eigenvalue weighted by atomic mass is 32.2. The number of nitrogens with zero attached hydrogens (tertiary/aromatic N) is 1. The van der Waals surface area contributed by atoms with E-state index in [2.05, 4.69) is 0 Å². The van der Waals surface area contributed by atoms with Crippen LogP contribution in [0.5, 0.6) is 0 Å². The molecule has 43 heavy (non-hydrogen) atoms. The number of hydrogen-bond donors (Lipinski definition) is 1. The van der Waals surface area contributed by atoms with E-state index in [4.69, 9.17) is 4.74 Å². The number of sulfonamides is 1. The Kier molecular flexibility index (Phi) is 11.2. The summed E-state index contributed by atoms with van der Waals surface area (Å²) >= 11 is 0. The first-order valence-electron chi connectivity index (χ1n) is 12.1.